The molecule has 3 rings (SSSR count). The van der Waals surface area contributed by atoms with Crippen LogP contribution in [-0.2, 0) is 16.1 Å². The monoisotopic (exact) mass is 435 g/mol. The Hall–Kier alpha value is -2.28. The molecule has 0 spiro atoms. The molecule has 0 saturated heterocycles. The van der Waals surface area contributed by atoms with Gasteiger partial charge in [-0.25, -0.2) is 4.79 Å². The zero-order valence-electron chi connectivity index (χ0n) is 16.3. The fraction of sp³-hybridized carbons (Fsp3) is 0.333. The van der Waals surface area contributed by atoms with Gasteiger partial charge in [-0.2, -0.15) is 0 Å². The molecule has 8 heteroatoms. The minimum Gasteiger partial charge on any atom is -0.465 e. The van der Waals surface area contributed by atoms with Crippen LogP contribution in [0, 0.1) is 0 Å². The maximum Gasteiger partial charge on any atom is 0.325 e. The number of urea groups is 1. The van der Waals surface area contributed by atoms with Crippen molar-refractivity contribution in [3.05, 3.63) is 63.1 Å². The van der Waals surface area contributed by atoms with Crippen molar-refractivity contribution in [1.82, 2.24) is 10.2 Å². The highest BCUT2D eigenvalue weighted by Gasteiger charge is 2.28. The largest absolute Gasteiger partial charge is 0.465 e. The Kier molecular flexibility index (Phi) is 7.00. The fourth-order valence-corrected chi connectivity index (χ4v) is 4.13. The molecular weight excluding hydrogens is 413 g/mol. The van der Waals surface area contributed by atoms with Gasteiger partial charge in [-0.05, 0) is 48.9 Å². The van der Waals surface area contributed by atoms with E-state index in [9.17, 15) is 9.59 Å². The van der Waals surface area contributed by atoms with Crippen LogP contribution in [-0.4, -0.2) is 43.6 Å². The molecule has 1 atom stereocenters. The number of rotatable bonds is 5. The summed E-state index contributed by atoms with van der Waals surface area (Å²) < 4.78 is 4.82. The van der Waals surface area contributed by atoms with Gasteiger partial charge >= 0.3 is 12.0 Å². The smallest absolute Gasteiger partial charge is 0.325 e. The van der Waals surface area contributed by atoms with Crippen molar-refractivity contribution in [1.29, 1.82) is 0 Å². The van der Waals surface area contributed by atoms with Crippen LogP contribution in [0.1, 0.15) is 29.5 Å². The van der Waals surface area contributed by atoms with Crippen LogP contribution in [0.5, 0.6) is 0 Å². The number of fused-ring (bicyclic) bond motifs is 1. The van der Waals surface area contributed by atoms with Crippen molar-refractivity contribution in [3.8, 4) is 0 Å². The van der Waals surface area contributed by atoms with Gasteiger partial charge in [0.05, 0.1) is 6.61 Å². The Bertz CT molecular complexity index is 920. The van der Waals surface area contributed by atoms with E-state index in [4.69, 9.17) is 27.9 Å². The average Bonchev–Trinajstić information content (AvgIpc) is 2.67. The second-order valence-electron chi connectivity index (χ2n) is 6.90. The van der Waals surface area contributed by atoms with Crippen molar-refractivity contribution in [2.45, 2.75) is 19.4 Å². The SMILES string of the molecule is CCOC(=O)CNC(=O)Nc1ccccc1C1CN(C)Cc2c(Cl)cc(Cl)cc21. The number of carbonyl (C=O) groups is 2. The normalized spacial score (nSPS) is 16.1. The molecule has 2 aromatic rings. The summed E-state index contributed by atoms with van der Waals surface area (Å²) in [7, 11) is 2.03. The van der Waals surface area contributed by atoms with Crippen LogP contribution in [0.4, 0.5) is 10.5 Å². The van der Waals surface area contributed by atoms with Gasteiger partial charge in [0, 0.05) is 34.7 Å². The van der Waals surface area contributed by atoms with Gasteiger partial charge < -0.3 is 20.3 Å². The predicted octanol–water partition coefficient (Wildman–Crippen LogP) is 4.26. The molecule has 1 unspecified atom stereocenters. The second kappa shape index (κ2) is 9.48. The summed E-state index contributed by atoms with van der Waals surface area (Å²) in [5.74, 6) is -0.496. The van der Waals surface area contributed by atoms with Gasteiger partial charge in [0.2, 0.25) is 0 Å². The van der Waals surface area contributed by atoms with Crippen molar-refractivity contribution in [2.75, 3.05) is 32.1 Å². The number of amides is 2. The molecule has 0 saturated carbocycles. The number of benzene rings is 2. The van der Waals surface area contributed by atoms with Gasteiger partial charge in [0.1, 0.15) is 6.54 Å². The van der Waals surface area contributed by atoms with E-state index in [0.29, 0.717) is 15.7 Å². The van der Waals surface area contributed by atoms with Crippen LogP contribution in [0.25, 0.3) is 0 Å². The maximum atomic E-state index is 12.3. The number of esters is 1. The van der Waals surface area contributed by atoms with E-state index in [-0.39, 0.29) is 19.1 Å². The fourth-order valence-electron chi connectivity index (χ4n) is 3.56. The highest BCUT2D eigenvalue weighted by atomic mass is 35.5. The molecule has 2 N–H and O–H groups in total. The zero-order chi connectivity index (χ0) is 21.0. The molecule has 1 aliphatic rings. The van der Waals surface area contributed by atoms with Crippen LogP contribution >= 0.6 is 23.2 Å². The van der Waals surface area contributed by atoms with Crippen LogP contribution < -0.4 is 10.6 Å². The number of halogens is 2. The van der Waals surface area contributed by atoms with E-state index < -0.39 is 12.0 Å². The molecule has 2 aromatic carbocycles. The standard InChI is InChI=1S/C21H23Cl2N3O3/c1-3-29-20(27)10-24-21(28)25-19-7-5-4-6-14(19)16-11-26(2)12-17-15(16)8-13(22)9-18(17)23/h4-9,16H,3,10-12H2,1-2H3,(H2,24,25,28). The Labute approximate surface area is 180 Å². The third-order valence-electron chi connectivity index (χ3n) is 4.78. The van der Waals surface area contributed by atoms with E-state index in [1.807, 2.05) is 37.4 Å². The number of nitrogens with one attached hydrogen (secondary N) is 2. The lowest BCUT2D eigenvalue weighted by Crippen LogP contribution is -2.35. The molecule has 0 aromatic heterocycles. The summed E-state index contributed by atoms with van der Waals surface area (Å²) in [4.78, 5) is 25.9. The van der Waals surface area contributed by atoms with E-state index >= 15 is 0 Å². The molecule has 1 heterocycles. The third-order valence-corrected chi connectivity index (χ3v) is 5.33. The zero-order valence-corrected chi connectivity index (χ0v) is 17.8. The minimum atomic E-state index is -0.483. The van der Waals surface area contributed by atoms with Gasteiger partial charge in [-0.15, -0.1) is 0 Å². The first-order valence-electron chi connectivity index (χ1n) is 9.34. The minimum absolute atomic E-state index is 0.0125. The molecule has 0 radical (unpaired) electrons. The third kappa shape index (κ3) is 5.21. The molecule has 2 amide bonds. The van der Waals surface area contributed by atoms with Crippen molar-refractivity contribution in [3.63, 3.8) is 0 Å². The lowest BCUT2D eigenvalue weighted by atomic mass is 9.84. The van der Waals surface area contributed by atoms with E-state index in [1.54, 1.807) is 13.0 Å². The lowest BCUT2D eigenvalue weighted by Gasteiger charge is -2.34. The van der Waals surface area contributed by atoms with Crippen LogP contribution in [0.15, 0.2) is 36.4 Å². The van der Waals surface area contributed by atoms with Crippen molar-refractivity contribution in [2.24, 2.45) is 0 Å². The van der Waals surface area contributed by atoms with E-state index in [2.05, 4.69) is 15.5 Å². The van der Waals surface area contributed by atoms with Gasteiger partial charge in [-0.3, -0.25) is 4.79 Å². The highest BCUT2D eigenvalue weighted by Crippen LogP contribution is 2.40. The van der Waals surface area contributed by atoms with Crippen molar-refractivity contribution >= 4 is 40.9 Å². The molecule has 29 heavy (non-hydrogen) atoms. The average molecular weight is 436 g/mol. The Morgan fingerprint density at radius 2 is 1.97 bits per heavy atom. The molecule has 0 bridgehead atoms. The second-order valence-corrected chi connectivity index (χ2v) is 7.75. The highest BCUT2D eigenvalue weighted by molar-refractivity contribution is 6.35. The molecule has 154 valence electrons. The summed E-state index contributed by atoms with van der Waals surface area (Å²) in [6.45, 7) is 3.28. The maximum absolute atomic E-state index is 12.3. The summed E-state index contributed by atoms with van der Waals surface area (Å²) >= 11 is 12.7. The molecule has 6 nitrogen and oxygen atoms in total. The number of para-hydroxylation sites is 1. The quantitative estimate of drug-likeness (QED) is 0.688. The summed E-state index contributed by atoms with van der Waals surface area (Å²) in [5.41, 5.74) is 3.71. The number of anilines is 1. The Morgan fingerprint density at radius 3 is 2.72 bits per heavy atom. The first-order valence-corrected chi connectivity index (χ1v) is 10.1. The number of likely N-dealkylation sites (N-methyl/N-ethyl adjacent to an activating group) is 1. The van der Waals surface area contributed by atoms with Gasteiger partial charge in [0.15, 0.2) is 0 Å². The Morgan fingerprint density at radius 1 is 1.21 bits per heavy atom. The van der Waals surface area contributed by atoms with Crippen molar-refractivity contribution < 1.29 is 14.3 Å². The number of ether oxygens (including phenoxy) is 1. The van der Waals surface area contributed by atoms with Gasteiger partial charge in [-0.1, -0.05) is 41.4 Å². The number of carbonyl (C=O) groups excluding carboxylic acids is 2. The van der Waals surface area contributed by atoms with Crippen LogP contribution in [0.2, 0.25) is 10.0 Å². The topological polar surface area (TPSA) is 70.7 Å². The van der Waals surface area contributed by atoms with E-state index in [1.165, 1.54) is 0 Å². The molecular formula is C21H23Cl2N3O3. The lowest BCUT2D eigenvalue weighted by molar-refractivity contribution is -0.141. The van der Waals surface area contributed by atoms with E-state index in [0.717, 1.165) is 29.8 Å². The first-order chi connectivity index (χ1) is 13.9. The molecule has 0 aliphatic carbocycles. The summed E-state index contributed by atoms with van der Waals surface area (Å²) in [6.07, 6.45) is 0. The number of hydrogen-bond donors (Lipinski definition) is 2. The summed E-state index contributed by atoms with van der Waals surface area (Å²) in [6, 6.07) is 10.8. The Balaban J connectivity index is 1.86. The summed E-state index contributed by atoms with van der Waals surface area (Å²) in [5, 5.41) is 6.58. The number of hydrogen-bond acceptors (Lipinski definition) is 4. The number of nitrogens with zero attached hydrogens (tertiary/aromatic N) is 1. The molecule has 0 fully saturated rings. The predicted molar refractivity (Wildman–Crippen MR) is 115 cm³/mol. The van der Waals surface area contributed by atoms with Crippen LogP contribution in [0.3, 0.4) is 0 Å². The first kappa shape index (κ1) is 21.4. The van der Waals surface area contributed by atoms with Gasteiger partial charge in [0.25, 0.3) is 0 Å². The molecule has 1 aliphatic heterocycles.